The van der Waals surface area contributed by atoms with Crippen molar-refractivity contribution in [3.63, 3.8) is 0 Å². The molecule has 2 aromatic heterocycles. The highest BCUT2D eigenvalue weighted by Crippen LogP contribution is 2.29. The number of nitrogens with two attached hydrogens (primary N) is 1. The third kappa shape index (κ3) is 3.58. The van der Waals surface area contributed by atoms with Crippen LogP contribution in [0.3, 0.4) is 0 Å². The van der Waals surface area contributed by atoms with Gasteiger partial charge in [0.2, 0.25) is 16.9 Å². The second kappa shape index (κ2) is 7.29. The van der Waals surface area contributed by atoms with Crippen LogP contribution in [-0.4, -0.2) is 32.6 Å². The number of rotatable bonds is 5. The van der Waals surface area contributed by atoms with Gasteiger partial charge in [0.15, 0.2) is 5.76 Å². The van der Waals surface area contributed by atoms with Crippen molar-refractivity contribution in [2.24, 2.45) is 11.8 Å². The van der Waals surface area contributed by atoms with Crippen LogP contribution in [0, 0.1) is 11.8 Å². The van der Waals surface area contributed by atoms with Crippen LogP contribution >= 0.6 is 11.8 Å². The molecule has 1 saturated carbocycles. The maximum absolute atomic E-state index is 12.2. The molecule has 3 N–H and O–H groups in total. The summed E-state index contributed by atoms with van der Waals surface area (Å²) in [6.07, 6.45) is 5.02. The average molecular weight is 349 g/mol. The summed E-state index contributed by atoms with van der Waals surface area (Å²) in [4.78, 5) is 12.2. The lowest BCUT2D eigenvalue weighted by Gasteiger charge is -2.34. The van der Waals surface area contributed by atoms with Crippen molar-refractivity contribution in [2.75, 3.05) is 11.6 Å². The molecule has 3 rings (SSSR count). The minimum absolute atomic E-state index is 0.00787. The summed E-state index contributed by atoms with van der Waals surface area (Å²) < 4.78 is 6.62. The summed E-state index contributed by atoms with van der Waals surface area (Å²) >= 11 is 1.27. The molecule has 7 nitrogen and oxygen atoms in total. The molecule has 8 heteroatoms. The first-order valence-electron chi connectivity index (χ1n) is 8.22. The van der Waals surface area contributed by atoms with E-state index >= 15 is 0 Å². The highest BCUT2D eigenvalue weighted by molar-refractivity contribution is 7.99. The van der Waals surface area contributed by atoms with E-state index in [1.165, 1.54) is 29.3 Å². The zero-order chi connectivity index (χ0) is 17.1. The number of carbonyl (C=O) groups excluding carboxylic acids is 1. The van der Waals surface area contributed by atoms with Crippen LogP contribution in [0.4, 0.5) is 0 Å². The van der Waals surface area contributed by atoms with Crippen molar-refractivity contribution in [3.05, 3.63) is 18.4 Å². The molecule has 1 aliphatic carbocycles. The van der Waals surface area contributed by atoms with Crippen molar-refractivity contribution in [2.45, 2.75) is 44.3 Å². The Kier molecular flexibility index (Phi) is 5.13. The van der Waals surface area contributed by atoms with Gasteiger partial charge in [0.1, 0.15) is 0 Å². The zero-order valence-corrected chi connectivity index (χ0v) is 14.8. The van der Waals surface area contributed by atoms with Crippen molar-refractivity contribution in [1.29, 1.82) is 0 Å². The fraction of sp³-hybridized carbons (Fsp3) is 0.562. The van der Waals surface area contributed by atoms with Gasteiger partial charge in [0, 0.05) is 6.04 Å². The van der Waals surface area contributed by atoms with Crippen LogP contribution < -0.4 is 11.2 Å². The van der Waals surface area contributed by atoms with Gasteiger partial charge in [-0.25, -0.2) is 4.68 Å². The van der Waals surface area contributed by atoms with Gasteiger partial charge in [-0.15, -0.1) is 10.2 Å². The van der Waals surface area contributed by atoms with Crippen molar-refractivity contribution in [3.8, 4) is 11.6 Å². The van der Waals surface area contributed by atoms with Gasteiger partial charge in [-0.3, -0.25) is 4.79 Å². The van der Waals surface area contributed by atoms with Crippen LogP contribution in [0.5, 0.6) is 0 Å². The number of thioether (sulfide) groups is 1. The monoisotopic (exact) mass is 349 g/mol. The third-order valence-corrected chi connectivity index (χ3v) is 5.73. The second-order valence-electron chi connectivity index (χ2n) is 6.38. The normalized spacial score (nSPS) is 24.0. The highest BCUT2D eigenvalue weighted by Gasteiger charge is 2.28. The summed E-state index contributed by atoms with van der Waals surface area (Å²) in [5, 5.41) is 11.7. The van der Waals surface area contributed by atoms with E-state index in [1.54, 1.807) is 18.4 Å². The third-order valence-electron chi connectivity index (χ3n) is 4.79. The standard InChI is InChI=1S/C16H23N5O2S/c1-10-5-3-6-12(11(10)2)18-14(22)9-24-16-20-19-15(21(16)17)13-7-4-8-23-13/h4,7-8,10-12H,3,5-6,9,17H2,1-2H3,(H,18,22)/t10-,11+,12-/m0/s1. The van der Waals surface area contributed by atoms with Gasteiger partial charge in [-0.05, 0) is 30.4 Å². The van der Waals surface area contributed by atoms with Gasteiger partial charge in [0.05, 0.1) is 12.0 Å². The van der Waals surface area contributed by atoms with E-state index in [1.807, 2.05) is 0 Å². The molecule has 1 aliphatic rings. The molecular formula is C16H23N5O2S. The molecule has 2 aromatic rings. The molecule has 0 aliphatic heterocycles. The van der Waals surface area contributed by atoms with Crippen LogP contribution in [0.1, 0.15) is 33.1 Å². The molecule has 1 fully saturated rings. The minimum atomic E-state index is 0.00787. The first-order valence-corrected chi connectivity index (χ1v) is 9.21. The number of hydrogen-bond acceptors (Lipinski definition) is 6. The van der Waals surface area contributed by atoms with E-state index in [0.29, 0.717) is 28.6 Å². The lowest BCUT2D eigenvalue weighted by molar-refractivity contribution is -0.120. The number of furan rings is 1. The Bertz CT molecular complexity index is 685. The molecule has 0 radical (unpaired) electrons. The molecule has 3 atom stereocenters. The Morgan fingerprint density at radius 2 is 2.29 bits per heavy atom. The summed E-state index contributed by atoms with van der Waals surface area (Å²) in [6.45, 7) is 4.47. The Morgan fingerprint density at radius 3 is 3.04 bits per heavy atom. The van der Waals surface area contributed by atoms with E-state index < -0.39 is 0 Å². The van der Waals surface area contributed by atoms with Gasteiger partial charge in [-0.1, -0.05) is 38.5 Å². The zero-order valence-electron chi connectivity index (χ0n) is 13.9. The van der Waals surface area contributed by atoms with E-state index in [0.717, 1.165) is 6.42 Å². The SMILES string of the molecule is C[C@H]1[C@@H](NC(=O)CSc2nnc(-c3ccco3)n2N)CCC[C@@H]1C. The summed E-state index contributed by atoms with van der Waals surface area (Å²) in [6, 6.07) is 3.79. The van der Waals surface area contributed by atoms with Gasteiger partial charge in [0.25, 0.3) is 0 Å². The minimum Gasteiger partial charge on any atom is -0.461 e. The van der Waals surface area contributed by atoms with E-state index in [2.05, 4.69) is 29.4 Å². The summed E-state index contributed by atoms with van der Waals surface area (Å²) in [5.74, 6) is 8.41. The number of carbonyl (C=O) groups is 1. The molecule has 0 unspecified atom stereocenters. The lowest BCUT2D eigenvalue weighted by Crippen LogP contribution is -2.44. The number of nitrogens with one attached hydrogen (secondary N) is 1. The predicted octanol–water partition coefficient (Wildman–Crippen LogP) is 2.28. The molecule has 0 aromatic carbocycles. The first kappa shape index (κ1) is 16.9. The fourth-order valence-electron chi connectivity index (χ4n) is 3.11. The topological polar surface area (TPSA) is 99.0 Å². The molecule has 0 saturated heterocycles. The highest BCUT2D eigenvalue weighted by atomic mass is 32.2. The van der Waals surface area contributed by atoms with Crippen LogP contribution in [0.15, 0.2) is 28.0 Å². The number of nitrogen functional groups attached to an aromatic ring is 1. The van der Waals surface area contributed by atoms with Gasteiger partial charge >= 0.3 is 0 Å². The van der Waals surface area contributed by atoms with Crippen molar-refractivity contribution >= 4 is 17.7 Å². The molecular weight excluding hydrogens is 326 g/mol. The molecule has 1 amide bonds. The number of amides is 1. The Morgan fingerprint density at radius 1 is 1.46 bits per heavy atom. The number of aromatic nitrogens is 3. The quantitative estimate of drug-likeness (QED) is 0.635. The molecule has 0 bridgehead atoms. The number of hydrogen-bond donors (Lipinski definition) is 2. The summed E-state index contributed by atoms with van der Waals surface area (Å²) in [7, 11) is 0. The fourth-order valence-corrected chi connectivity index (χ4v) is 3.78. The smallest absolute Gasteiger partial charge is 0.230 e. The van der Waals surface area contributed by atoms with Crippen LogP contribution in [0.2, 0.25) is 0 Å². The van der Waals surface area contributed by atoms with Crippen molar-refractivity contribution < 1.29 is 9.21 Å². The van der Waals surface area contributed by atoms with Gasteiger partial charge < -0.3 is 15.6 Å². The average Bonchev–Trinajstić information content (AvgIpc) is 3.19. The molecule has 0 spiro atoms. The Labute approximate surface area is 145 Å². The molecule has 24 heavy (non-hydrogen) atoms. The van der Waals surface area contributed by atoms with Crippen LogP contribution in [0.25, 0.3) is 11.6 Å². The summed E-state index contributed by atoms with van der Waals surface area (Å²) in [5.41, 5.74) is 0. The van der Waals surface area contributed by atoms with E-state index in [4.69, 9.17) is 10.3 Å². The van der Waals surface area contributed by atoms with Crippen molar-refractivity contribution in [1.82, 2.24) is 20.2 Å². The maximum Gasteiger partial charge on any atom is 0.230 e. The maximum atomic E-state index is 12.2. The van der Waals surface area contributed by atoms with Crippen LogP contribution in [-0.2, 0) is 4.79 Å². The van der Waals surface area contributed by atoms with E-state index in [9.17, 15) is 4.79 Å². The Hall–Kier alpha value is -1.96. The molecule has 130 valence electrons. The largest absolute Gasteiger partial charge is 0.461 e. The second-order valence-corrected chi connectivity index (χ2v) is 7.33. The van der Waals surface area contributed by atoms with Gasteiger partial charge in [-0.2, -0.15) is 0 Å². The molecule has 2 heterocycles. The predicted molar refractivity (Wildman–Crippen MR) is 92.7 cm³/mol. The number of nitrogens with zero attached hydrogens (tertiary/aromatic N) is 3. The van der Waals surface area contributed by atoms with E-state index in [-0.39, 0.29) is 17.7 Å². The Balaban J connectivity index is 1.55. The first-order chi connectivity index (χ1) is 11.6. The lowest BCUT2D eigenvalue weighted by atomic mass is 9.78.